The van der Waals surface area contributed by atoms with Crippen LogP contribution in [0.1, 0.15) is 34.0 Å². The molecule has 0 saturated carbocycles. The summed E-state index contributed by atoms with van der Waals surface area (Å²) in [6, 6.07) is 11.3. The Morgan fingerprint density at radius 2 is 2.28 bits per heavy atom. The number of aryl methyl sites for hydroxylation is 2. The highest BCUT2D eigenvalue weighted by molar-refractivity contribution is 7.16. The lowest BCUT2D eigenvalue weighted by atomic mass is 10.1. The largest absolute Gasteiger partial charge is 0.306 e. The maximum absolute atomic E-state index is 6.07. The molecule has 1 aromatic heterocycles. The van der Waals surface area contributed by atoms with Crippen molar-refractivity contribution < 1.29 is 0 Å². The monoisotopic (exact) mass is 277 g/mol. The van der Waals surface area contributed by atoms with Crippen molar-refractivity contribution in [1.82, 2.24) is 5.32 Å². The van der Waals surface area contributed by atoms with Gasteiger partial charge in [-0.1, -0.05) is 41.4 Å². The number of nitrogens with one attached hydrogen (secondary N) is 1. The highest BCUT2D eigenvalue weighted by atomic mass is 35.5. The molecule has 0 aliphatic heterocycles. The summed E-state index contributed by atoms with van der Waals surface area (Å²) in [4.78, 5) is 1.46. The Kier molecular flexibility index (Phi) is 3.42. The summed E-state index contributed by atoms with van der Waals surface area (Å²) in [5.74, 6) is 0. The minimum absolute atomic E-state index is 0.476. The van der Waals surface area contributed by atoms with Crippen LogP contribution in [0.25, 0.3) is 0 Å². The van der Waals surface area contributed by atoms with Gasteiger partial charge in [0.25, 0.3) is 0 Å². The van der Waals surface area contributed by atoms with Crippen molar-refractivity contribution >= 4 is 22.9 Å². The van der Waals surface area contributed by atoms with Crippen molar-refractivity contribution in [1.29, 1.82) is 0 Å². The first kappa shape index (κ1) is 12.2. The van der Waals surface area contributed by atoms with Crippen LogP contribution in [0.5, 0.6) is 0 Å². The molecule has 1 heterocycles. The van der Waals surface area contributed by atoms with Crippen molar-refractivity contribution in [2.45, 2.75) is 32.4 Å². The van der Waals surface area contributed by atoms with E-state index in [9.17, 15) is 0 Å². The predicted molar refractivity (Wildman–Crippen MR) is 78.4 cm³/mol. The summed E-state index contributed by atoms with van der Waals surface area (Å²) in [7, 11) is 0. The number of halogens is 1. The molecule has 0 fully saturated rings. The molecule has 0 spiro atoms. The molecule has 0 radical (unpaired) electrons. The second kappa shape index (κ2) is 5.04. The van der Waals surface area contributed by atoms with E-state index in [2.05, 4.69) is 42.6 Å². The van der Waals surface area contributed by atoms with Gasteiger partial charge < -0.3 is 5.32 Å². The number of benzene rings is 1. The van der Waals surface area contributed by atoms with E-state index in [-0.39, 0.29) is 0 Å². The summed E-state index contributed by atoms with van der Waals surface area (Å²) < 4.78 is 0.919. The van der Waals surface area contributed by atoms with Crippen molar-refractivity contribution in [3.05, 3.63) is 56.2 Å². The zero-order valence-corrected chi connectivity index (χ0v) is 11.9. The number of rotatable bonds is 3. The standard InChI is InChI=1S/C15H16ClNS/c1-10-3-2-4-11(7-10)9-17-13-5-6-14-12(13)8-15(16)18-14/h2-4,7-8,13,17H,5-6,9H2,1H3. The smallest absolute Gasteiger partial charge is 0.0934 e. The lowest BCUT2D eigenvalue weighted by Gasteiger charge is -2.13. The van der Waals surface area contributed by atoms with Crippen molar-refractivity contribution in [2.75, 3.05) is 0 Å². The van der Waals surface area contributed by atoms with Crippen LogP contribution in [-0.4, -0.2) is 0 Å². The van der Waals surface area contributed by atoms with Gasteiger partial charge in [0.15, 0.2) is 0 Å². The van der Waals surface area contributed by atoms with E-state index in [1.807, 2.05) is 0 Å². The Bertz CT molecular complexity index is 561. The van der Waals surface area contributed by atoms with Gasteiger partial charge in [-0.15, -0.1) is 11.3 Å². The number of hydrogen-bond donors (Lipinski definition) is 1. The molecule has 1 N–H and O–H groups in total. The van der Waals surface area contributed by atoms with Gasteiger partial charge in [-0.3, -0.25) is 0 Å². The number of fused-ring (bicyclic) bond motifs is 1. The third kappa shape index (κ3) is 2.46. The van der Waals surface area contributed by atoms with Gasteiger partial charge in [0.1, 0.15) is 0 Å². The molecule has 0 saturated heterocycles. The summed E-state index contributed by atoms with van der Waals surface area (Å²) in [6.07, 6.45) is 2.36. The zero-order valence-electron chi connectivity index (χ0n) is 10.4. The minimum atomic E-state index is 0.476. The molecule has 1 atom stereocenters. The highest BCUT2D eigenvalue weighted by Gasteiger charge is 2.24. The van der Waals surface area contributed by atoms with E-state index in [0.29, 0.717) is 6.04 Å². The molecule has 1 aliphatic rings. The number of thiophene rings is 1. The van der Waals surface area contributed by atoms with Crippen LogP contribution in [0, 0.1) is 6.92 Å². The van der Waals surface area contributed by atoms with E-state index in [1.165, 1.54) is 28.0 Å². The average Bonchev–Trinajstić information content (AvgIpc) is 2.86. The van der Waals surface area contributed by atoms with Crippen LogP contribution < -0.4 is 5.32 Å². The van der Waals surface area contributed by atoms with Crippen LogP contribution in [0.2, 0.25) is 4.34 Å². The normalized spacial score (nSPS) is 18.0. The Hall–Kier alpha value is -0.830. The van der Waals surface area contributed by atoms with Gasteiger partial charge in [0.2, 0.25) is 0 Å². The summed E-state index contributed by atoms with van der Waals surface area (Å²) in [6.45, 7) is 3.06. The maximum atomic E-state index is 6.07. The van der Waals surface area contributed by atoms with E-state index in [0.717, 1.165) is 17.3 Å². The highest BCUT2D eigenvalue weighted by Crippen LogP contribution is 2.39. The summed E-state index contributed by atoms with van der Waals surface area (Å²) >= 11 is 7.80. The molecule has 0 amide bonds. The second-order valence-corrected chi connectivity index (χ2v) is 6.66. The first-order valence-electron chi connectivity index (χ1n) is 6.29. The molecule has 1 nitrogen and oxygen atoms in total. The molecule has 1 aromatic carbocycles. The second-order valence-electron chi connectivity index (χ2n) is 4.89. The molecule has 2 aromatic rings. The molecular formula is C15H16ClNS. The SMILES string of the molecule is Cc1cccc(CNC2CCc3sc(Cl)cc32)c1. The summed E-state index contributed by atoms with van der Waals surface area (Å²) in [5, 5.41) is 3.64. The number of hydrogen-bond acceptors (Lipinski definition) is 2. The fourth-order valence-electron chi connectivity index (χ4n) is 2.61. The predicted octanol–water partition coefficient (Wildman–Crippen LogP) is 4.49. The lowest BCUT2D eigenvalue weighted by molar-refractivity contribution is 0.530. The first-order valence-corrected chi connectivity index (χ1v) is 7.49. The third-order valence-electron chi connectivity index (χ3n) is 3.48. The Labute approximate surface area is 117 Å². The molecule has 94 valence electrons. The van der Waals surface area contributed by atoms with Crippen LogP contribution in [0.4, 0.5) is 0 Å². The topological polar surface area (TPSA) is 12.0 Å². The maximum Gasteiger partial charge on any atom is 0.0934 e. The Morgan fingerprint density at radius 1 is 1.39 bits per heavy atom. The van der Waals surface area contributed by atoms with E-state index >= 15 is 0 Å². The van der Waals surface area contributed by atoms with E-state index in [4.69, 9.17) is 11.6 Å². The van der Waals surface area contributed by atoms with Crippen molar-refractivity contribution in [3.8, 4) is 0 Å². The van der Waals surface area contributed by atoms with Gasteiger partial charge in [0, 0.05) is 17.5 Å². The summed E-state index contributed by atoms with van der Waals surface area (Å²) in [5.41, 5.74) is 4.09. The van der Waals surface area contributed by atoms with Gasteiger partial charge in [-0.2, -0.15) is 0 Å². The molecule has 3 rings (SSSR count). The first-order chi connectivity index (χ1) is 8.72. The van der Waals surface area contributed by atoms with Gasteiger partial charge >= 0.3 is 0 Å². The molecule has 0 bridgehead atoms. The van der Waals surface area contributed by atoms with Crippen molar-refractivity contribution in [3.63, 3.8) is 0 Å². The van der Waals surface area contributed by atoms with Crippen LogP contribution >= 0.6 is 22.9 Å². The third-order valence-corrected chi connectivity index (χ3v) is 4.82. The molecule has 18 heavy (non-hydrogen) atoms. The quantitative estimate of drug-likeness (QED) is 0.872. The van der Waals surface area contributed by atoms with Gasteiger partial charge in [-0.05, 0) is 37.0 Å². The molecule has 3 heteroatoms. The zero-order chi connectivity index (χ0) is 12.5. The Morgan fingerprint density at radius 3 is 3.11 bits per heavy atom. The lowest BCUT2D eigenvalue weighted by Crippen LogP contribution is -2.18. The minimum Gasteiger partial charge on any atom is -0.306 e. The Balaban J connectivity index is 1.68. The van der Waals surface area contributed by atoms with Gasteiger partial charge in [0.05, 0.1) is 4.34 Å². The van der Waals surface area contributed by atoms with E-state index in [1.54, 1.807) is 11.3 Å². The molecular weight excluding hydrogens is 262 g/mol. The van der Waals surface area contributed by atoms with Crippen LogP contribution in [0.15, 0.2) is 30.3 Å². The fourth-order valence-corrected chi connectivity index (χ4v) is 3.96. The van der Waals surface area contributed by atoms with Crippen molar-refractivity contribution in [2.24, 2.45) is 0 Å². The van der Waals surface area contributed by atoms with Gasteiger partial charge in [-0.25, -0.2) is 0 Å². The van der Waals surface area contributed by atoms with E-state index < -0.39 is 0 Å². The fraction of sp³-hybridized carbons (Fsp3) is 0.333. The molecule has 1 unspecified atom stereocenters. The van der Waals surface area contributed by atoms with Crippen LogP contribution in [-0.2, 0) is 13.0 Å². The van der Waals surface area contributed by atoms with Crippen LogP contribution in [0.3, 0.4) is 0 Å². The molecule has 1 aliphatic carbocycles. The average molecular weight is 278 g/mol.